The SMILES string of the molecule is CCCCOC(=O)C(C)(CC)CC(C)(CC(C)C(=O)NC(C)(C)CSOOO)C(=O)OCCO. The zero-order valence-electron chi connectivity index (χ0n) is 21.6. The maximum Gasteiger partial charge on any atom is 0.311 e. The molecule has 0 aromatic heterocycles. The summed E-state index contributed by atoms with van der Waals surface area (Å²) in [6, 6.07) is 0. The van der Waals surface area contributed by atoms with Crippen molar-refractivity contribution >= 4 is 29.9 Å². The lowest BCUT2D eigenvalue weighted by molar-refractivity contribution is -0.432. The summed E-state index contributed by atoms with van der Waals surface area (Å²) in [6.45, 7) is 12.4. The number of esters is 2. The highest BCUT2D eigenvalue weighted by Crippen LogP contribution is 2.42. The average molecular weight is 510 g/mol. The van der Waals surface area contributed by atoms with E-state index in [1.54, 1.807) is 34.6 Å². The molecule has 0 saturated heterocycles. The predicted molar refractivity (Wildman–Crippen MR) is 128 cm³/mol. The molecular formula is C23H43NO9S. The van der Waals surface area contributed by atoms with E-state index in [2.05, 4.69) is 14.7 Å². The Morgan fingerprint density at radius 3 is 2.12 bits per heavy atom. The van der Waals surface area contributed by atoms with E-state index in [1.807, 2.05) is 13.8 Å². The van der Waals surface area contributed by atoms with E-state index in [0.717, 1.165) is 24.9 Å². The Bertz CT molecular complexity index is 646. The van der Waals surface area contributed by atoms with Crippen molar-refractivity contribution in [1.29, 1.82) is 0 Å². The van der Waals surface area contributed by atoms with Crippen molar-refractivity contribution in [3.05, 3.63) is 0 Å². The van der Waals surface area contributed by atoms with Crippen LogP contribution in [0.15, 0.2) is 0 Å². The monoisotopic (exact) mass is 509 g/mol. The zero-order valence-corrected chi connectivity index (χ0v) is 22.4. The molecule has 0 aliphatic carbocycles. The Labute approximate surface area is 207 Å². The first kappa shape index (κ1) is 32.6. The minimum absolute atomic E-state index is 0.125. The zero-order chi connectivity index (χ0) is 26.4. The molecule has 0 aromatic rings. The summed E-state index contributed by atoms with van der Waals surface area (Å²) in [6.07, 6.45) is 2.34. The summed E-state index contributed by atoms with van der Waals surface area (Å²) >= 11 is 0.827. The fourth-order valence-electron chi connectivity index (χ4n) is 3.68. The van der Waals surface area contributed by atoms with Gasteiger partial charge in [0.2, 0.25) is 5.91 Å². The maximum atomic E-state index is 13.0. The molecule has 0 heterocycles. The van der Waals surface area contributed by atoms with Gasteiger partial charge in [0.05, 0.1) is 24.0 Å². The van der Waals surface area contributed by atoms with E-state index in [1.165, 1.54) is 0 Å². The number of aliphatic hydroxyl groups excluding tert-OH is 1. The number of ether oxygens (including phenoxy) is 2. The molecule has 11 heteroatoms. The third-order valence-corrected chi connectivity index (χ3v) is 6.76. The number of unbranched alkanes of at least 4 members (excludes halogenated alkanes) is 1. The molecule has 0 rings (SSSR count). The number of carbonyl (C=O) groups is 3. The number of carbonyl (C=O) groups excluding carboxylic acids is 3. The third-order valence-electron chi connectivity index (χ3n) is 5.77. The van der Waals surface area contributed by atoms with E-state index < -0.39 is 28.3 Å². The van der Waals surface area contributed by atoms with Gasteiger partial charge in [-0.25, -0.2) is 5.26 Å². The normalized spacial score (nSPS) is 16.1. The highest BCUT2D eigenvalue weighted by Gasteiger charge is 2.47. The molecule has 0 radical (unpaired) electrons. The van der Waals surface area contributed by atoms with Gasteiger partial charge in [-0.15, -0.1) is 4.33 Å². The highest BCUT2D eigenvalue weighted by molar-refractivity contribution is 7.94. The molecule has 0 fully saturated rings. The number of rotatable bonds is 18. The van der Waals surface area contributed by atoms with Crippen molar-refractivity contribution in [2.24, 2.45) is 16.7 Å². The number of hydrogen-bond acceptors (Lipinski definition) is 10. The Morgan fingerprint density at radius 2 is 1.59 bits per heavy atom. The van der Waals surface area contributed by atoms with Gasteiger partial charge < -0.3 is 19.9 Å². The minimum Gasteiger partial charge on any atom is -0.465 e. The molecule has 3 atom stereocenters. The molecule has 0 aliphatic rings. The van der Waals surface area contributed by atoms with Crippen LogP contribution >= 0.6 is 12.0 Å². The van der Waals surface area contributed by atoms with Crippen LogP contribution in [0.25, 0.3) is 0 Å². The summed E-state index contributed by atoms with van der Waals surface area (Å²) in [5, 5.41) is 23.8. The van der Waals surface area contributed by atoms with E-state index in [-0.39, 0.29) is 37.9 Å². The van der Waals surface area contributed by atoms with Crippen LogP contribution in [0, 0.1) is 16.7 Å². The summed E-state index contributed by atoms with van der Waals surface area (Å²) in [5.41, 5.74) is -2.81. The van der Waals surface area contributed by atoms with Crippen LogP contribution in [0.4, 0.5) is 0 Å². The second-order valence-electron chi connectivity index (χ2n) is 9.88. The summed E-state index contributed by atoms with van der Waals surface area (Å²) in [5.74, 6) is -1.56. The average Bonchev–Trinajstić information content (AvgIpc) is 2.76. The summed E-state index contributed by atoms with van der Waals surface area (Å²) < 4.78 is 15.1. The molecular weight excluding hydrogens is 466 g/mol. The quantitative estimate of drug-likeness (QED) is 0.0824. The lowest BCUT2D eigenvalue weighted by Crippen LogP contribution is -2.49. The van der Waals surface area contributed by atoms with E-state index in [4.69, 9.17) is 19.8 Å². The van der Waals surface area contributed by atoms with Gasteiger partial charge in [0, 0.05) is 29.3 Å². The van der Waals surface area contributed by atoms with Gasteiger partial charge in [-0.1, -0.05) is 32.2 Å². The van der Waals surface area contributed by atoms with Crippen LogP contribution in [-0.2, 0) is 33.2 Å². The molecule has 0 spiro atoms. The van der Waals surface area contributed by atoms with Crippen molar-refractivity contribution in [2.75, 3.05) is 25.6 Å². The lowest BCUT2D eigenvalue weighted by atomic mass is 9.68. The van der Waals surface area contributed by atoms with Crippen LogP contribution < -0.4 is 5.32 Å². The molecule has 1 amide bonds. The van der Waals surface area contributed by atoms with E-state index >= 15 is 0 Å². The first-order valence-electron chi connectivity index (χ1n) is 11.7. The minimum atomic E-state index is -1.17. The second kappa shape index (κ2) is 15.6. The van der Waals surface area contributed by atoms with Gasteiger partial charge in [0.15, 0.2) is 0 Å². The molecule has 200 valence electrons. The van der Waals surface area contributed by atoms with Gasteiger partial charge in [-0.3, -0.25) is 14.4 Å². The van der Waals surface area contributed by atoms with Crippen LogP contribution in [0.1, 0.15) is 80.6 Å². The van der Waals surface area contributed by atoms with Crippen LogP contribution in [0.5, 0.6) is 0 Å². The summed E-state index contributed by atoms with van der Waals surface area (Å²) in [7, 11) is 0. The Kier molecular flexibility index (Phi) is 14.9. The smallest absolute Gasteiger partial charge is 0.311 e. The molecule has 34 heavy (non-hydrogen) atoms. The Hall–Kier alpha value is -1.40. The fraction of sp³-hybridized carbons (Fsp3) is 0.870. The number of amides is 1. The molecule has 10 nitrogen and oxygen atoms in total. The standard InChI is InChI=1S/C23H43NO9S/c1-8-10-12-30-19(27)22(6,9-2)15-23(7,20(28)31-13-11-25)14-17(3)18(26)24-21(4,5)16-34-33-32-29/h17,25,29H,8-16H2,1-7H3,(H,24,26). The highest BCUT2D eigenvalue weighted by atomic mass is 32.2. The van der Waals surface area contributed by atoms with Gasteiger partial charge in [0.1, 0.15) is 6.61 Å². The van der Waals surface area contributed by atoms with E-state index in [9.17, 15) is 14.4 Å². The van der Waals surface area contributed by atoms with Gasteiger partial charge in [-0.2, -0.15) is 0 Å². The molecule has 0 saturated carbocycles. The van der Waals surface area contributed by atoms with Gasteiger partial charge >= 0.3 is 11.9 Å². The Balaban J connectivity index is 5.60. The number of aliphatic hydroxyl groups is 1. The molecule has 3 N–H and O–H groups in total. The van der Waals surface area contributed by atoms with Gasteiger partial charge in [-0.05, 0) is 53.4 Å². The van der Waals surface area contributed by atoms with Crippen LogP contribution in [0.2, 0.25) is 0 Å². The summed E-state index contributed by atoms with van der Waals surface area (Å²) in [4.78, 5) is 38.8. The Morgan fingerprint density at radius 1 is 1.00 bits per heavy atom. The van der Waals surface area contributed by atoms with E-state index in [0.29, 0.717) is 18.8 Å². The molecule has 0 aliphatic heterocycles. The third kappa shape index (κ3) is 11.4. The number of hydrogen-bond donors (Lipinski definition) is 3. The van der Waals surface area contributed by atoms with Crippen molar-refractivity contribution in [1.82, 2.24) is 5.32 Å². The number of nitrogens with one attached hydrogen (secondary N) is 1. The van der Waals surface area contributed by atoms with Crippen molar-refractivity contribution in [2.45, 2.75) is 86.1 Å². The molecule has 3 unspecified atom stereocenters. The first-order valence-corrected chi connectivity index (χ1v) is 12.6. The topological polar surface area (TPSA) is 141 Å². The largest absolute Gasteiger partial charge is 0.465 e. The molecule has 0 aromatic carbocycles. The fourth-order valence-corrected chi connectivity index (χ4v) is 4.14. The maximum absolute atomic E-state index is 13.0. The van der Waals surface area contributed by atoms with Crippen molar-refractivity contribution < 1.29 is 43.6 Å². The van der Waals surface area contributed by atoms with Gasteiger partial charge in [0.25, 0.3) is 0 Å². The molecule has 0 bridgehead atoms. The van der Waals surface area contributed by atoms with Crippen LogP contribution in [0.3, 0.4) is 0 Å². The van der Waals surface area contributed by atoms with Crippen LogP contribution in [-0.4, -0.2) is 59.3 Å². The lowest BCUT2D eigenvalue weighted by Gasteiger charge is -2.37. The van der Waals surface area contributed by atoms with Crippen molar-refractivity contribution in [3.63, 3.8) is 0 Å². The van der Waals surface area contributed by atoms with Crippen molar-refractivity contribution in [3.8, 4) is 0 Å². The first-order chi connectivity index (χ1) is 15.8. The second-order valence-corrected chi connectivity index (χ2v) is 10.5. The predicted octanol–water partition coefficient (Wildman–Crippen LogP) is 3.67.